The topological polar surface area (TPSA) is 76.6 Å². The summed E-state index contributed by atoms with van der Waals surface area (Å²) in [4.78, 5) is 25.2. The van der Waals surface area contributed by atoms with Crippen molar-refractivity contribution in [2.75, 3.05) is 51.0 Å². The van der Waals surface area contributed by atoms with Crippen LogP contribution >= 0.6 is 34.4 Å². The van der Waals surface area contributed by atoms with Crippen molar-refractivity contribution in [3.8, 4) is 5.75 Å². The minimum atomic E-state index is -0.236. The molecule has 7 nitrogen and oxygen atoms in total. The normalized spacial score (nSPS) is 14.6. The van der Waals surface area contributed by atoms with Crippen molar-refractivity contribution >= 4 is 76.7 Å². The van der Waals surface area contributed by atoms with Crippen LogP contribution in [0, 0.1) is 0 Å². The van der Waals surface area contributed by atoms with E-state index < -0.39 is 0 Å². The Bertz CT molecular complexity index is 1560. The summed E-state index contributed by atoms with van der Waals surface area (Å²) in [6.07, 6.45) is 2.03. The van der Waals surface area contributed by atoms with Crippen molar-refractivity contribution in [3.63, 3.8) is 0 Å². The standard InChI is InChI=1S/C26H24N4O3S3/c1-34-26-28-22-21(35-26)7-6-19-23(22)36-25(27-19)29-24(31)18-14-16-4-2-3-5-17(16)15-20(18)33-13-10-30-8-11-32-12-9-30/h2-7,14-15H,8-13H2,1H3,(H,27,29,31). The van der Waals surface area contributed by atoms with E-state index in [4.69, 9.17) is 14.5 Å². The third-order valence-corrected chi connectivity index (χ3v) is 9.15. The smallest absolute Gasteiger partial charge is 0.261 e. The van der Waals surface area contributed by atoms with E-state index in [9.17, 15) is 4.79 Å². The van der Waals surface area contributed by atoms with Gasteiger partial charge in [-0.15, -0.1) is 11.3 Å². The minimum absolute atomic E-state index is 0.236. The molecule has 1 N–H and O–H groups in total. The van der Waals surface area contributed by atoms with Crippen LogP contribution in [0.3, 0.4) is 0 Å². The molecule has 0 bridgehead atoms. The molecule has 0 saturated carbocycles. The summed E-state index contributed by atoms with van der Waals surface area (Å²) in [5.74, 6) is 0.340. The fourth-order valence-electron chi connectivity index (χ4n) is 4.29. The molecule has 36 heavy (non-hydrogen) atoms. The van der Waals surface area contributed by atoms with Gasteiger partial charge in [-0.3, -0.25) is 15.0 Å². The molecular formula is C26H24N4O3S3. The van der Waals surface area contributed by atoms with Crippen LogP contribution in [0.2, 0.25) is 0 Å². The highest BCUT2D eigenvalue weighted by atomic mass is 32.2. The van der Waals surface area contributed by atoms with Crippen molar-refractivity contribution in [2.24, 2.45) is 0 Å². The number of morpholine rings is 1. The van der Waals surface area contributed by atoms with Gasteiger partial charge in [0.25, 0.3) is 5.91 Å². The summed E-state index contributed by atoms with van der Waals surface area (Å²) in [6, 6.07) is 15.9. The van der Waals surface area contributed by atoms with Gasteiger partial charge in [0, 0.05) is 19.6 Å². The van der Waals surface area contributed by atoms with Crippen LogP contribution in [-0.2, 0) is 4.74 Å². The highest BCUT2D eigenvalue weighted by molar-refractivity contribution is 8.00. The second-order valence-corrected chi connectivity index (χ2v) is 11.5. The number of aromatic nitrogens is 2. The first kappa shape index (κ1) is 23.6. The Hall–Kier alpha value is -2.76. The highest BCUT2D eigenvalue weighted by Gasteiger charge is 2.19. The van der Waals surface area contributed by atoms with Crippen LogP contribution < -0.4 is 10.1 Å². The molecule has 0 aliphatic carbocycles. The van der Waals surface area contributed by atoms with Crippen LogP contribution in [0.15, 0.2) is 52.9 Å². The molecule has 1 aliphatic heterocycles. The number of nitrogens with zero attached hydrogens (tertiary/aromatic N) is 3. The SMILES string of the molecule is CSc1nc2c(ccc3nc(NC(=O)c4cc5ccccc5cc4OCCN4CCOCC4)sc32)s1. The predicted molar refractivity (Wildman–Crippen MR) is 149 cm³/mol. The summed E-state index contributed by atoms with van der Waals surface area (Å²) >= 11 is 4.76. The zero-order valence-corrected chi connectivity index (χ0v) is 22.1. The van der Waals surface area contributed by atoms with E-state index >= 15 is 0 Å². The van der Waals surface area contributed by atoms with E-state index in [1.54, 1.807) is 23.1 Å². The fourth-order valence-corrected chi connectivity index (χ4v) is 6.79. The maximum absolute atomic E-state index is 13.5. The summed E-state index contributed by atoms with van der Waals surface area (Å²) < 4.78 is 14.7. The van der Waals surface area contributed by atoms with Gasteiger partial charge in [0.15, 0.2) is 9.47 Å². The van der Waals surface area contributed by atoms with Gasteiger partial charge in [0.1, 0.15) is 17.9 Å². The average Bonchev–Trinajstić information content (AvgIpc) is 3.52. The third kappa shape index (κ3) is 4.79. The number of carbonyl (C=O) groups is 1. The maximum atomic E-state index is 13.5. The van der Waals surface area contributed by atoms with E-state index in [0.29, 0.717) is 23.1 Å². The molecule has 1 fully saturated rings. The lowest BCUT2D eigenvalue weighted by atomic mass is 10.1. The number of nitrogens with one attached hydrogen (secondary N) is 1. The zero-order chi connectivity index (χ0) is 24.5. The van der Waals surface area contributed by atoms with Crippen molar-refractivity contribution in [2.45, 2.75) is 4.34 Å². The second-order valence-electron chi connectivity index (χ2n) is 8.42. The number of fused-ring (bicyclic) bond motifs is 4. The molecule has 6 rings (SSSR count). The lowest BCUT2D eigenvalue weighted by molar-refractivity contribution is 0.0322. The van der Waals surface area contributed by atoms with Crippen LogP contribution in [-0.4, -0.2) is 66.5 Å². The largest absolute Gasteiger partial charge is 0.491 e. The first-order valence-corrected chi connectivity index (χ1v) is 14.5. The molecule has 0 spiro atoms. The molecular weight excluding hydrogens is 513 g/mol. The third-order valence-electron chi connectivity index (χ3n) is 6.15. The second kappa shape index (κ2) is 10.3. The molecule has 5 aromatic rings. The van der Waals surface area contributed by atoms with Gasteiger partial charge in [-0.25, -0.2) is 9.97 Å². The lowest BCUT2D eigenvalue weighted by Crippen LogP contribution is -2.38. The number of carbonyl (C=O) groups excluding carboxylic acids is 1. The molecule has 2 aromatic heterocycles. The number of anilines is 1. The number of thiazole rings is 2. The Kier molecular flexibility index (Phi) is 6.77. The Labute approximate surface area is 220 Å². The van der Waals surface area contributed by atoms with Gasteiger partial charge < -0.3 is 9.47 Å². The van der Waals surface area contributed by atoms with Crippen LogP contribution in [0.25, 0.3) is 31.2 Å². The predicted octanol–water partition coefficient (Wildman–Crippen LogP) is 5.74. The molecule has 0 radical (unpaired) electrons. The van der Waals surface area contributed by atoms with E-state index in [1.807, 2.05) is 54.8 Å². The summed E-state index contributed by atoms with van der Waals surface area (Å²) in [5, 5.41) is 5.58. The Morgan fingerprint density at radius 1 is 1.11 bits per heavy atom. The molecule has 0 unspecified atom stereocenters. The minimum Gasteiger partial charge on any atom is -0.491 e. The van der Waals surface area contributed by atoms with E-state index in [2.05, 4.69) is 15.2 Å². The summed E-state index contributed by atoms with van der Waals surface area (Å²) in [6.45, 7) is 4.58. The van der Waals surface area contributed by atoms with Gasteiger partial charge in [-0.2, -0.15) is 0 Å². The number of hydrogen-bond donors (Lipinski definition) is 1. The van der Waals surface area contributed by atoms with Crippen LogP contribution in [0.5, 0.6) is 5.75 Å². The lowest BCUT2D eigenvalue weighted by Gasteiger charge is -2.26. The number of benzene rings is 3. The van der Waals surface area contributed by atoms with E-state index in [1.165, 1.54) is 11.3 Å². The summed E-state index contributed by atoms with van der Waals surface area (Å²) in [5.41, 5.74) is 2.28. The molecule has 3 aromatic carbocycles. The van der Waals surface area contributed by atoms with Crippen molar-refractivity contribution in [1.82, 2.24) is 14.9 Å². The van der Waals surface area contributed by atoms with Gasteiger partial charge in [0.2, 0.25) is 0 Å². The Morgan fingerprint density at radius 3 is 2.72 bits per heavy atom. The number of ether oxygens (including phenoxy) is 2. The highest BCUT2D eigenvalue weighted by Crippen LogP contribution is 2.37. The van der Waals surface area contributed by atoms with Crippen LogP contribution in [0.4, 0.5) is 5.13 Å². The fraction of sp³-hybridized carbons (Fsp3) is 0.269. The van der Waals surface area contributed by atoms with Gasteiger partial charge >= 0.3 is 0 Å². The number of amides is 1. The quantitative estimate of drug-likeness (QED) is 0.266. The molecule has 184 valence electrons. The summed E-state index contributed by atoms with van der Waals surface area (Å²) in [7, 11) is 0. The monoisotopic (exact) mass is 536 g/mol. The maximum Gasteiger partial charge on any atom is 0.261 e. The van der Waals surface area contributed by atoms with Crippen LogP contribution in [0.1, 0.15) is 10.4 Å². The Balaban J connectivity index is 1.27. The number of hydrogen-bond acceptors (Lipinski definition) is 9. The number of rotatable bonds is 7. The van der Waals surface area contributed by atoms with E-state index in [-0.39, 0.29) is 5.91 Å². The van der Waals surface area contributed by atoms with Crippen molar-refractivity contribution in [3.05, 3.63) is 54.1 Å². The Morgan fingerprint density at radius 2 is 1.92 bits per heavy atom. The average molecular weight is 537 g/mol. The molecule has 0 atom stereocenters. The van der Waals surface area contributed by atoms with Gasteiger partial charge in [-0.05, 0) is 41.3 Å². The molecule has 1 aliphatic rings. The van der Waals surface area contributed by atoms with Gasteiger partial charge in [-0.1, -0.05) is 47.4 Å². The van der Waals surface area contributed by atoms with Gasteiger partial charge in [0.05, 0.1) is 33.7 Å². The zero-order valence-electron chi connectivity index (χ0n) is 19.7. The van der Waals surface area contributed by atoms with E-state index in [0.717, 1.165) is 68.4 Å². The molecule has 3 heterocycles. The van der Waals surface area contributed by atoms with Crippen molar-refractivity contribution < 1.29 is 14.3 Å². The van der Waals surface area contributed by atoms with Crippen molar-refractivity contribution in [1.29, 1.82) is 0 Å². The first-order chi connectivity index (χ1) is 17.7. The number of thioether (sulfide) groups is 1. The molecule has 1 saturated heterocycles. The molecule has 10 heteroatoms. The molecule has 1 amide bonds. The first-order valence-electron chi connectivity index (χ1n) is 11.7.